The molecule has 0 N–H and O–H groups in total. The molecule has 1 aromatic carbocycles. The first-order chi connectivity index (χ1) is 9.08. The molecule has 1 rings (SSSR count). The van der Waals surface area contributed by atoms with Gasteiger partial charge in [0.05, 0.1) is 25.4 Å². The third-order valence-corrected chi connectivity index (χ3v) is 2.71. The lowest BCUT2D eigenvalue weighted by Crippen LogP contribution is -2.20. The van der Waals surface area contributed by atoms with Crippen LogP contribution in [0.15, 0.2) is 18.2 Å². The monoisotopic (exact) mass is 266 g/mol. The Bertz CT molecular complexity index is 415. The molecule has 106 valence electrons. The van der Waals surface area contributed by atoms with Crippen molar-refractivity contribution in [2.24, 2.45) is 0 Å². The summed E-state index contributed by atoms with van der Waals surface area (Å²) in [6.07, 6.45) is -0.0969. The van der Waals surface area contributed by atoms with Crippen LogP contribution in [0.1, 0.15) is 29.8 Å². The quantitative estimate of drug-likeness (QED) is 0.678. The minimum absolute atomic E-state index is 0.0354. The van der Waals surface area contributed by atoms with Crippen LogP contribution in [-0.2, 0) is 9.47 Å². The van der Waals surface area contributed by atoms with Crippen molar-refractivity contribution in [1.29, 1.82) is 0 Å². The second-order valence-electron chi connectivity index (χ2n) is 4.41. The molecule has 1 atom stereocenters. The third-order valence-electron chi connectivity index (χ3n) is 2.71. The fraction of sp³-hybridized carbons (Fsp3) is 0.533. The first kappa shape index (κ1) is 15.7. The van der Waals surface area contributed by atoms with Crippen molar-refractivity contribution in [1.82, 2.24) is 0 Å². The van der Waals surface area contributed by atoms with E-state index in [4.69, 9.17) is 14.2 Å². The Morgan fingerprint density at radius 2 is 2.11 bits per heavy atom. The number of methoxy groups -OCH3 is 1. The number of benzene rings is 1. The van der Waals surface area contributed by atoms with Crippen LogP contribution in [-0.4, -0.2) is 38.8 Å². The van der Waals surface area contributed by atoms with E-state index in [-0.39, 0.29) is 18.5 Å². The Hall–Kier alpha value is -1.39. The molecule has 1 unspecified atom stereocenters. The molecule has 0 heterocycles. The summed E-state index contributed by atoms with van der Waals surface area (Å²) >= 11 is 0. The van der Waals surface area contributed by atoms with Crippen molar-refractivity contribution >= 4 is 5.78 Å². The van der Waals surface area contributed by atoms with Gasteiger partial charge in [-0.1, -0.05) is 6.07 Å². The molecule has 4 heteroatoms. The molecule has 0 saturated heterocycles. The van der Waals surface area contributed by atoms with Gasteiger partial charge in [0.1, 0.15) is 12.4 Å². The number of Topliss-reactive ketones (excluding diaryl/α,β-unsaturated/α-hetero) is 1. The van der Waals surface area contributed by atoms with Gasteiger partial charge in [0, 0.05) is 6.61 Å². The minimum Gasteiger partial charge on any atom is -0.496 e. The summed E-state index contributed by atoms with van der Waals surface area (Å²) in [5, 5.41) is 0. The normalized spacial score (nSPS) is 12.2. The lowest BCUT2D eigenvalue weighted by atomic mass is 10.1. The second kappa shape index (κ2) is 7.92. The van der Waals surface area contributed by atoms with Gasteiger partial charge in [0.15, 0.2) is 5.78 Å². The van der Waals surface area contributed by atoms with E-state index in [0.29, 0.717) is 24.5 Å². The van der Waals surface area contributed by atoms with Gasteiger partial charge >= 0.3 is 0 Å². The molecule has 4 nitrogen and oxygen atoms in total. The van der Waals surface area contributed by atoms with Crippen molar-refractivity contribution in [2.45, 2.75) is 26.9 Å². The summed E-state index contributed by atoms with van der Waals surface area (Å²) in [5.74, 6) is 0.506. The SMILES string of the molecule is CCOCC(C)OCC(=O)c1ccc(C)cc1OC. The van der Waals surface area contributed by atoms with Crippen LogP contribution in [0.25, 0.3) is 0 Å². The van der Waals surface area contributed by atoms with E-state index >= 15 is 0 Å². The van der Waals surface area contributed by atoms with Crippen molar-refractivity contribution in [3.8, 4) is 5.75 Å². The average Bonchev–Trinajstić information content (AvgIpc) is 2.42. The zero-order chi connectivity index (χ0) is 14.3. The summed E-state index contributed by atoms with van der Waals surface area (Å²) in [6.45, 7) is 6.94. The number of hydrogen-bond donors (Lipinski definition) is 0. The van der Waals surface area contributed by atoms with Gasteiger partial charge in [-0.2, -0.15) is 0 Å². The predicted octanol–water partition coefficient (Wildman–Crippen LogP) is 2.63. The summed E-state index contributed by atoms with van der Waals surface area (Å²) in [5.41, 5.74) is 1.61. The number of aryl methyl sites for hydroxylation is 1. The molecule has 0 bridgehead atoms. The van der Waals surface area contributed by atoms with Crippen molar-refractivity contribution in [2.75, 3.05) is 26.9 Å². The lowest BCUT2D eigenvalue weighted by molar-refractivity contribution is 0.00109. The number of hydrogen-bond acceptors (Lipinski definition) is 4. The second-order valence-corrected chi connectivity index (χ2v) is 4.41. The number of carbonyl (C=O) groups is 1. The largest absolute Gasteiger partial charge is 0.496 e. The molecule has 0 amide bonds. The Balaban J connectivity index is 2.58. The van der Waals surface area contributed by atoms with E-state index in [2.05, 4.69) is 0 Å². The standard InChI is InChI=1S/C15H22O4/c1-5-18-9-12(3)19-10-14(16)13-7-6-11(2)8-15(13)17-4/h6-8,12H,5,9-10H2,1-4H3. The van der Waals surface area contributed by atoms with Gasteiger partial charge in [-0.25, -0.2) is 0 Å². The van der Waals surface area contributed by atoms with Crippen LogP contribution < -0.4 is 4.74 Å². The molecule has 0 aliphatic carbocycles. The molecule has 0 radical (unpaired) electrons. The van der Waals surface area contributed by atoms with Crippen LogP contribution in [0, 0.1) is 6.92 Å². The molecule has 0 fully saturated rings. The maximum absolute atomic E-state index is 12.1. The van der Waals surface area contributed by atoms with E-state index in [9.17, 15) is 4.79 Å². The Morgan fingerprint density at radius 3 is 2.74 bits per heavy atom. The molecule has 0 aromatic heterocycles. The first-order valence-electron chi connectivity index (χ1n) is 6.45. The van der Waals surface area contributed by atoms with Crippen LogP contribution in [0.5, 0.6) is 5.75 Å². The highest BCUT2D eigenvalue weighted by Crippen LogP contribution is 2.20. The van der Waals surface area contributed by atoms with E-state index in [0.717, 1.165) is 5.56 Å². The number of ketones is 1. The molecule has 19 heavy (non-hydrogen) atoms. The fourth-order valence-electron chi connectivity index (χ4n) is 1.66. The van der Waals surface area contributed by atoms with Crippen LogP contribution in [0.4, 0.5) is 0 Å². The summed E-state index contributed by atoms with van der Waals surface area (Å²) < 4.78 is 15.9. The number of rotatable bonds is 8. The van der Waals surface area contributed by atoms with Gasteiger partial charge in [-0.05, 0) is 38.5 Å². The fourth-order valence-corrected chi connectivity index (χ4v) is 1.66. The highest BCUT2D eigenvalue weighted by molar-refractivity contribution is 5.99. The van der Waals surface area contributed by atoms with Crippen LogP contribution >= 0.6 is 0 Å². The smallest absolute Gasteiger partial charge is 0.192 e. The summed E-state index contributed by atoms with van der Waals surface area (Å²) in [7, 11) is 1.56. The highest BCUT2D eigenvalue weighted by atomic mass is 16.5. The number of carbonyl (C=O) groups excluding carboxylic acids is 1. The Kier molecular flexibility index (Phi) is 6.53. The molecule has 0 aliphatic rings. The average molecular weight is 266 g/mol. The van der Waals surface area contributed by atoms with Gasteiger partial charge in [0.2, 0.25) is 0 Å². The van der Waals surface area contributed by atoms with E-state index < -0.39 is 0 Å². The maximum Gasteiger partial charge on any atom is 0.192 e. The van der Waals surface area contributed by atoms with Gasteiger partial charge < -0.3 is 14.2 Å². The predicted molar refractivity (Wildman–Crippen MR) is 74.0 cm³/mol. The van der Waals surface area contributed by atoms with E-state index in [1.165, 1.54) is 0 Å². The summed E-state index contributed by atoms with van der Waals surface area (Å²) in [4.78, 5) is 12.1. The third kappa shape index (κ3) is 5.01. The molecule has 0 saturated carbocycles. The zero-order valence-electron chi connectivity index (χ0n) is 12.1. The Labute approximate surface area is 114 Å². The van der Waals surface area contributed by atoms with Crippen molar-refractivity contribution in [3.05, 3.63) is 29.3 Å². The summed E-state index contributed by atoms with van der Waals surface area (Å²) in [6, 6.07) is 5.50. The van der Waals surface area contributed by atoms with E-state index in [1.807, 2.05) is 32.9 Å². The van der Waals surface area contributed by atoms with Crippen molar-refractivity contribution < 1.29 is 19.0 Å². The Morgan fingerprint density at radius 1 is 1.37 bits per heavy atom. The van der Waals surface area contributed by atoms with Crippen LogP contribution in [0.3, 0.4) is 0 Å². The van der Waals surface area contributed by atoms with Gasteiger partial charge in [0.25, 0.3) is 0 Å². The molecule has 1 aromatic rings. The lowest BCUT2D eigenvalue weighted by Gasteiger charge is -2.13. The van der Waals surface area contributed by atoms with Crippen LogP contribution in [0.2, 0.25) is 0 Å². The maximum atomic E-state index is 12.1. The van der Waals surface area contributed by atoms with Crippen molar-refractivity contribution in [3.63, 3.8) is 0 Å². The number of ether oxygens (including phenoxy) is 3. The first-order valence-corrected chi connectivity index (χ1v) is 6.45. The molecular formula is C15H22O4. The topological polar surface area (TPSA) is 44.8 Å². The van der Waals surface area contributed by atoms with Gasteiger partial charge in [-0.15, -0.1) is 0 Å². The molecule has 0 aliphatic heterocycles. The zero-order valence-corrected chi connectivity index (χ0v) is 12.1. The minimum atomic E-state index is -0.0969. The highest BCUT2D eigenvalue weighted by Gasteiger charge is 2.14. The van der Waals surface area contributed by atoms with Gasteiger partial charge in [-0.3, -0.25) is 4.79 Å². The molecule has 0 spiro atoms. The van der Waals surface area contributed by atoms with E-state index in [1.54, 1.807) is 13.2 Å². The molecular weight excluding hydrogens is 244 g/mol.